The van der Waals surface area contributed by atoms with E-state index in [2.05, 4.69) is 40.2 Å². The second-order valence-electron chi connectivity index (χ2n) is 8.90. The Labute approximate surface area is 186 Å². The number of hydrogen-bond donors (Lipinski definition) is 2. The number of hydrogen-bond acceptors (Lipinski definition) is 6. The first-order valence-corrected chi connectivity index (χ1v) is 11.3. The van der Waals surface area contributed by atoms with Crippen molar-refractivity contribution in [2.24, 2.45) is 0 Å². The molecule has 0 amide bonds. The van der Waals surface area contributed by atoms with Crippen LogP contribution in [0.15, 0.2) is 24.3 Å². The number of aliphatic hydroxyl groups is 1. The SMILES string of the molecule is COc1cc(CN(C)Cc2cc(C)[nH]n2)ccc1OCC(O)CN(C)C1CCCCC1. The predicted molar refractivity (Wildman–Crippen MR) is 122 cm³/mol. The molecule has 0 saturated heterocycles. The van der Waals surface area contributed by atoms with Crippen molar-refractivity contribution in [1.29, 1.82) is 0 Å². The summed E-state index contributed by atoms with van der Waals surface area (Å²) < 4.78 is 11.5. The summed E-state index contributed by atoms with van der Waals surface area (Å²) in [5.74, 6) is 1.35. The Morgan fingerprint density at radius 1 is 1.13 bits per heavy atom. The average molecular weight is 431 g/mol. The smallest absolute Gasteiger partial charge is 0.161 e. The molecular formula is C24H38N4O3. The molecule has 1 aromatic heterocycles. The number of aromatic amines is 1. The Hall–Kier alpha value is -2.09. The van der Waals surface area contributed by atoms with Crippen molar-refractivity contribution in [2.45, 2.75) is 64.3 Å². The highest BCUT2D eigenvalue weighted by molar-refractivity contribution is 5.43. The van der Waals surface area contributed by atoms with Crippen molar-refractivity contribution in [1.82, 2.24) is 20.0 Å². The third kappa shape index (κ3) is 7.23. The fourth-order valence-electron chi connectivity index (χ4n) is 4.37. The zero-order chi connectivity index (χ0) is 22.2. The molecule has 1 aliphatic rings. The molecule has 1 saturated carbocycles. The summed E-state index contributed by atoms with van der Waals surface area (Å²) >= 11 is 0. The fraction of sp³-hybridized carbons (Fsp3) is 0.625. The van der Waals surface area contributed by atoms with Crippen molar-refractivity contribution in [3.8, 4) is 11.5 Å². The number of aryl methyl sites for hydroxylation is 1. The molecule has 0 radical (unpaired) electrons. The maximum atomic E-state index is 10.5. The number of ether oxygens (including phenoxy) is 2. The van der Waals surface area contributed by atoms with Gasteiger partial charge in [0.15, 0.2) is 11.5 Å². The van der Waals surface area contributed by atoms with Crippen molar-refractivity contribution >= 4 is 0 Å². The normalized spacial score (nSPS) is 16.1. The number of nitrogens with one attached hydrogen (secondary N) is 1. The Morgan fingerprint density at radius 2 is 1.90 bits per heavy atom. The van der Waals surface area contributed by atoms with E-state index in [1.54, 1.807) is 7.11 Å². The first-order chi connectivity index (χ1) is 14.9. The van der Waals surface area contributed by atoms with Crippen LogP contribution in [0.2, 0.25) is 0 Å². The van der Waals surface area contributed by atoms with Gasteiger partial charge in [0.1, 0.15) is 12.7 Å². The highest BCUT2D eigenvalue weighted by atomic mass is 16.5. The lowest BCUT2D eigenvalue weighted by Gasteiger charge is -2.32. The highest BCUT2D eigenvalue weighted by Crippen LogP contribution is 2.29. The Morgan fingerprint density at radius 3 is 2.58 bits per heavy atom. The molecule has 7 heteroatoms. The Balaban J connectivity index is 1.49. The van der Waals surface area contributed by atoms with E-state index in [4.69, 9.17) is 9.47 Å². The van der Waals surface area contributed by atoms with Crippen molar-refractivity contribution in [3.05, 3.63) is 41.2 Å². The van der Waals surface area contributed by atoms with Crippen LogP contribution in [0.1, 0.15) is 49.1 Å². The molecule has 31 heavy (non-hydrogen) atoms. The van der Waals surface area contributed by atoms with Crippen LogP contribution in [0.3, 0.4) is 0 Å². The number of aromatic nitrogens is 2. The van der Waals surface area contributed by atoms with Gasteiger partial charge in [0.2, 0.25) is 0 Å². The minimum Gasteiger partial charge on any atom is -0.493 e. The minimum atomic E-state index is -0.528. The molecule has 1 aromatic carbocycles. The molecule has 1 aliphatic carbocycles. The van der Waals surface area contributed by atoms with Crippen LogP contribution < -0.4 is 9.47 Å². The van der Waals surface area contributed by atoms with E-state index in [9.17, 15) is 5.11 Å². The lowest BCUT2D eigenvalue weighted by molar-refractivity contribution is 0.0553. The predicted octanol–water partition coefficient (Wildman–Crippen LogP) is 3.36. The molecule has 3 rings (SSSR count). The van der Waals surface area contributed by atoms with Crippen LogP contribution in [0.25, 0.3) is 0 Å². The van der Waals surface area contributed by atoms with Crippen LogP contribution in [0, 0.1) is 6.92 Å². The molecule has 2 N–H and O–H groups in total. The molecule has 172 valence electrons. The molecule has 0 aliphatic heterocycles. The summed E-state index contributed by atoms with van der Waals surface area (Å²) in [5, 5.41) is 17.7. The molecule has 1 atom stereocenters. The van der Waals surface area contributed by atoms with Crippen molar-refractivity contribution in [2.75, 3.05) is 34.4 Å². The van der Waals surface area contributed by atoms with E-state index >= 15 is 0 Å². The molecule has 1 fully saturated rings. The van der Waals surface area contributed by atoms with E-state index in [0.29, 0.717) is 24.1 Å². The maximum absolute atomic E-state index is 10.5. The topological polar surface area (TPSA) is 73.8 Å². The summed E-state index contributed by atoms with van der Waals surface area (Å²) in [7, 11) is 5.82. The van der Waals surface area contributed by atoms with Gasteiger partial charge >= 0.3 is 0 Å². The monoisotopic (exact) mass is 430 g/mol. The zero-order valence-electron chi connectivity index (χ0n) is 19.4. The quantitative estimate of drug-likeness (QED) is 0.569. The summed E-state index contributed by atoms with van der Waals surface area (Å²) in [5.41, 5.74) is 3.23. The Bertz CT molecular complexity index is 804. The van der Waals surface area contributed by atoms with Crippen LogP contribution in [-0.2, 0) is 13.1 Å². The van der Waals surface area contributed by atoms with Gasteiger partial charge in [-0.2, -0.15) is 5.10 Å². The van der Waals surface area contributed by atoms with Gasteiger partial charge in [-0.3, -0.25) is 10.00 Å². The van der Waals surface area contributed by atoms with Gasteiger partial charge in [-0.25, -0.2) is 0 Å². The van der Waals surface area contributed by atoms with Gasteiger partial charge < -0.3 is 19.5 Å². The summed E-state index contributed by atoms with van der Waals surface area (Å²) in [6.07, 6.45) is 5.86. The highest BCUT2D eigenvalue weighted by Gasteiger charge is 2.20. The number of rotatable bonds is 11. The zero-order valence-corrected chi connectivity index (χ0v) is 19.4. The van der Waals surface area contributed by atoms with Gasteiger partial charge in [-0.05, 0) is 57.6 Å². The average Bonchev–Trinajstić information content (AvgIpc) is 3.17. The largest absolute Gasteiger partial charge is 0.493 e. The van der Waals surface area contributed by atoms with E-state index in [-0.39, 0.29) is 6.61 Å². The summed E-state index contributed by atoms with van der Waals surface area (Å²) in [6, 6.07) is 8.62. The molecule has 2 aromatic rings. The molecule has 1 heterocycles. The summed E-state index contributed by atoms with van der Waals surface area (Å²) in [4.78, 5) is 4.49. The van der Waals surface area contributed by atoms with E-state index < -0.39 is 6.10 Å². The van der Waals surface area contributed by atoms with Crippen LogP contribution >= 0.6 is 0 Å². The van der Waals surface area contributed by atoms with E-state index in [1.807, 2.05) is 25.1 Å². The van der Waals surface area contributed by atoms with Gasteiger partial charge in [0.25, 0.3) is 0 Å². The number of nitrogens with zero attached hydrogens (tertiary/aromatic N) is 3. The lowest BCUT2D eigenvalue weighted by atomic mass is 9.94. The lowest BCUT2D eigenvalue weighted by Crippen LogP contribution is -2.40. The number of aliphatic hydroxyl groups excluding tert-OH is 1. The van der Waals surface area contributed by atoms with Crippen LogP contribution in [0.5, 0.6) is 11.5 Å². The van der Waals surface area contributed by atoms with Gasteiger partial charge in [-0.1, -0.05) is 25.3 Å². The molecular weight excluding hydrogens is 392 g/mol. The molecule has 0 spiro atoms. The minimum absolute atomic E-state index is 0.255. The van der Waals surface area contributed by atoms with E-state index in [0.717, 1.165) is 30.0 Å². The number of H-pyrrole nitrogens is 1. The second kappa shape index (κ2) is 11.5. The fourth-order valence-corrected chi connectivity index (χ4v) is 4.37. The maximum Gasteiger partial charge on any atom is 0.161 e. The van der Waals surface area contributed by atoms with Gasteiger partial charge in [0, 0.05) is 31.4 Å². The van der Waals surface area contributed by atoms with Crippen molar-refractivity contribution < 1.29 is 14.6 Å². The van der Waals surface area contributed by atoms with Gasteiger partial charge in [-0.15, -0.1) is 0 Å². The number of benzene rings is 1. The Kier molecular flexibility index (Phi) is 8.75. The first kappa shape index (κ1) is 23.6. The second-order valence-corrected chi connectivity index (χ2v) is 8.90. The number of likely N-dealkylation sites (N-methyl/N-ethyl adjacent to an activating group) is 1. The third-order valence-electron chi connectivity index (χ3n) is 6.00. The molecule has 0 bridgehead atoms. The molecule has 7 nitrogen and oxygen atoms in total. The standard InChI is InChI=1S/C24H38N4O3/c1-18-12-20(26-25-18)15-27(2)14-19-10-11-23(24(13-19)30-4)31-17-22(29)16-28(3)21-8-6-5-7-9-21/h10-13,21-22,29H,5-9,14-17H2,1-4H3,(H,25,26). The van der Waals surface area contributed by atoms with Gasteiger partial charge in [0.05, 0.1) is 12.8 Å². The summed E-state index contributed by atoms with van der Waals surface area (Å²) in [6.45, 7) is 4.43. The first-order valence-electron chi connectivity index (χ1n) is 11.3. The third-order valence-corrected chi connectivity index (χ3v) is 6.00. The van der Waals surface area contributed by atoms with E-state index in [1.165, 1.54) is 32.1 Å². The van der Waals surface area contributed by atoms with Crippen LogP contribution in [-0.4, -0.2) is 71.6 Å². The van der Waals surface area contributed by atoms with Crippen molar-refractivity contribution in [3.63, 3.8) is 0 Å². The molecule has 1 unspecified atom stereocenters. The number of methoxy groups -OCH3 is 1. The van der Waals surface area contributed by atoms with Crippen LogP contribution in [0.4, 0.5) is 0 Å².